The summed E-state index contributed by atoms with van der Waals surface area (Å²) in [6.45, 7) is 0.301. The van der Waals surface area contributed by atoms with Gasteiger partial charge in [0.25, 0.3) is 0 Å². The van der Waals surface area contributed by atoms with E-state index >= 15 is 0 Å². The Morgan fingerprint density at radius 3 is 2.74 bits per heavy atom. The molecule has 6 heteroatoms. The Morgan fingerprint density at radius 1 is 1.22 bits per heavy atom. The Labute approximate surface area is 147 Å². The first kappa shape index (κ1) is 16.2. The molecule has 0 radical (unpaired) electrons. The quantitative estimate of drug-likeness (QED) is 0.463. The molecule has 23 heavy (non-hydrogen) atoms. The lowest BCUT2D eigenvalue weighted by atomic mass is 10.2. The van der Waals surface area contributed by atoms with E-state index in [1.807, 2.05) is 53.4 Å². The maximum absolute atomic E-state index is 11.9. The van der Waals surface area contributed by atoms with E-state index in [0.29, 0.717) is 6.61 Å². The van der Waals surface area contributed by atoms with Crippen molar-refractivity contribution in [3.05, 3.63) is 58.4 Å². The van der Waals surface area contributed by atoms with Gasteiger partial charge in [-0.15, -0.1) is 34.4 Å². The van der Waals surface area contributed by atoms with Gasteiger partial charge in [-0.05, 0) is 35.4 Å². The highest BCUT2D eigenvalue weighted by Crippen LogP contribution is 2.28. The second kappa shape index (κ2) is 7.77. The molecule has 0 aliphatic rings. The Balaban J connectivity index is 1.53. The molecular formula is C17H15NO2S3. The molecule has 0 atom stereocenters. The van der Waals surface area contributed by atoms with Gasteiger partial charge in [0, 0.05) is 10.3 Å². The van der Waals surface area contributed by atoms with Crippen LogP contribution in [0.1, 0.15) is 11.3 Å². The van der Waals surface area contributed by atoms with Crippen LogP contribution in [-0.2, 0) is 22.6 Å². The molecule has 2 heterocycles. The van der Waals surface area contributed by atoms with E-state index < -0.39 is 0 Å². The van der Waals surface area contributed by atoms with Crippen molar-refractivity contribution in [2.45, 2.75) is 17.9 Å². The Kier molecular flexibility index (Phi) is 5.48. The number of hydrogen-bond acceptors (Lipinski definition) is 6. The van der Waals surface area contributed by atoms with E-state index in [2.05, 4.69) is 4.98 Å². The second-order valence-corrected chi connectivity index (χ2v) is 7.49. The van der Waals surface area contributed by atoms with Gasteiger partial charge in [0.2, 0.25) is 0 Å². The van der Waals surface area contributed by atoms with Crippen LogP contribution in [0.15, 0.2) is 52.1 Å². The third kappa shape index (κ3) is 4.43. The number of hydrogen-bond donors (Lipinski definition) is 0. The maximum atomic E-state index is 11.9. The summed E-state index contributed by atoms with van der Waals surface area (Å²) in [6.07, 6.45) is 2.25. The first-order valence-electron chi connectivity index (χ1n) is 7.01. The van der Waals surface area contributed by atoms with E-state index in [0.717, 1.165) is 21.1 Å². The predicted octanol–water partition coefficient (Wildman–Crippen LogP) is 4.88. The molecule has 0 amide bonds. The third-order valence-electron chi connectivity index (χ3n) is 3.17. The lowest BCUT2D eigenvalue weighted by Gasteiger charge is -2.04. The lowest BCUT2D eigenvalue weighted by molar-refractivity contribution is -0.144. The molecule has 2 aromatic heterocycles. The number of carbonyl (C=O) groups excluding carboxylic acids is 1. The van der Waals surface area contributed by atoms with Crippen LogP contribution in [0, 0.1) is 0 Å². The van der Waals surface area contributed by atoms with Gasteiger partial charge in [-0.25, -0.2) is 4.98 Å². The molecule has 0 unspecified atom stereocenters. The number of thioether (sulfide) groups is 1. The normalized spacial score (nSPS) is 10.7. The molecule has 118 valence electrons. The van der Waals surface area contributed by atoms with E-state index in [-0.39, 0.29) is 12.4 Å². The molecule has 0 aliphatic carbocycles. The number of esters is 1. The summed E-state index contributed by atoms with van der Waals surface area (Å²) >= 11 is 4.90. The highest BCUT2D eigenvalue weighted by Gasteiger charge is 2.10. The Hall–Kier alpha value is -1.63. The van der Waals surface area contributed by atoms with Crippen molar-refractivity contribution in [3.8, 4) is 9.88 Å². The number of thiophene rings is 1. The van der Waals surface area contributed by atoms with Gasteiger partial charge in [0.15, 0.2) is 0 Å². The molecule has 0 aliphatic heterocycles. The average Bonchev–Trinajstić information content (AvgIpc) is 3.24. The van der Waals surface area contributed by atoms with E-state index in [1.54, 1.807) is 34.4 Å². The number of rotatable bonds is 6. The van der Waals surface area contributed by atoms with Gasteiger partial charge in [-0.3, -0.25) is 4.79 Å². The maximum Gasteiger partial charge on any atom is 0.312 e. The Morgan fingerprint density at radius 2 is 2.04 bits per heavy atom. The van der Waals surface area contributed by atoms with Gasteiger partial charge < -0.3 is 4.74 Å². The number of benzene rings is 1. The van der Waals surface area contributed by atoms with Gasteiger partial charge in [0.1, 0.15) is 11.6 Å². The standard InChI is InChI=1S/C17H15NO2S3/c1-21-14-6-4-12(5-7-14)10-20-16(19)9-13-11-23-17(18-13)15-3-2-8-22-15/h2-8,11H,9-10H2,1H3. The predicted molar refractivity (Wildman–Crippen MR) is 97.2 cm³/mol. The first-order valence-corrected chi connectivity index (χ1v) is 10.00. The average molecular weight is 362 g/mol. The minimum Gasteiger partial charge on any atom is -0.461 e. The van der Waals surface area contributed by atoms with E-state index in [9.17, 15) is 4.79 Å². The van der Waals surface area contributed by atoms with E-state index in [1.165, 1.54) is 4.90 Å². The molecule has 0 N–H and O–H groups in total. The summed E-state index contributed by atoms with van der Waals surface area (Å²) < 4.78 is 5.33. The first-order chi connectivity index (χ1) is 11.2. The minimum atomic E-state index is -0.248. The summed E-state index contributed by atoms with van der Waals surface area (Å²) in [4.78, 5) is 18.8. The minimum absolute atomic E-state index is 0.213. The summed E-state index contributed by atoms with van der Waals surface area (Å²) in [5.41, 5.74) is 1.76. The van der Waals surface area contributed by atoms with Gasteiger partial charge in [0.05, 0.1) is 17.0 Å². The highest BCUT2D eigenvalue weighted by atomic mass is 32.2. The number of nitrogens with zero attached hydrogens (tertiary/aromatic N) is 1. The molecule has 0 spiro atoms. The topological polar surface area (TPSA) is 39.2 Å². The van der Waals surface area contributed by atoms with Crippen LogP contribution in [-0.4, -0.2) is 17.2 Å². The highest BCUT2D eigenvalue weighted by molar-refractivity contribution is 7.98. The third-order valence-corrected chi connectivity index (χ3v) is 5.84. The fourth-order valence-corrected chi connectivity index (χ4v) is 4.03. The van der Waals surface area contributed by atoms with Crippen molar-refractivity contribution in [1.29, 1.82) is 0 Å². The van der Waals surface area contributed by atoms with E-state index in [4.69, 9.17) is 4.74 Å². The van der Waals surface area contributed by atoms with Crippen LogP contribution in [0.5, 0.6) is 0 Å². The summed E-state index contributed by atoms with van der Waals surface area (Å²) in [7, 11) is 0. The largest absolute Gasteiger partial charge is 0.461 e. The molecule has 0 saturated heterocycles. The molecule has 3 rings (SSSR count). The smallest absolute Gasteiger partial charge is 0.312 e. The van der Waals surface area contributed by atoms with Gasteiger partial charge in [-0.2, -0.15) is 0 Å². The zero-order chi connectivity index (χ0) is 16.1. The molecule has 1 aromatic carbocycles. The lowest BCUT2D eigenvalue weighted by Crippen LogP contribution is -2.08. The van der Waals surface area contributed by atoms with Crippen LogP contribution in [0.25, 0.3) is 9.88 Å². The van der Waals surface area contributed by atoms with Crippen LogP contribution in [0.4, 0.5) is 0 Å². The summed E-state index contributed by atoms with van der Waals surface area (Å²) in [6, 6.07) is 12.1. The van der Waals surface area contributed by atoms with Crippen LogP contribution < -0.4 is 0 Å². The number of aromatic nitrogens is 1. The molecule has 0 fully saturated rings. The Bertz CT molecular complexity index is 764. The van der Waals surface area contributed by atoms with Crippen molar-refractivity contribution < 1.29 is 9.53 Å². The van der Waals surface area contributed by atoms with Crippen molar-refractivity contribution in [2.24, 2.45) is 0 Å². The SMILES string of the molecule is CSc1ccc(COC(=O)Cc2csc(-c3cccs3)n2)cc1. The molecule has 3 nitrogen and oxygen atoms in total. The number of carbonyl (C=O) groups is 1. The van der Waals surface area contributed by atoms with Crippen LogP contribution >= 0.6 is 34.4 Å². The molecule has 3 aromatic rings. The van der Waals surface area contributed by atoms with Crippen molar-refractivity contribution in [2.75, 3.05) is 6.26 Å². The van der Waals surface area contributed by atoms with Crippen molar-refractivity contribution in [3.63, 3.8) is 0 Å². The second-order valence-electron chi connectivity index (χ2n) is 4.81. The molecule has 0 saturated carbocycles. The van der Waals surface area contributed by atoms with Gasteiger partial charge >= 0.3 is 5.97 Å². The fourth-order valence-electron chi connectivity index (χ4n) is 1.99. The number of ether oxygens (including phenoxy) is 1. The summed E-state index contributed by atoms with van der Waals surface area (Å²) in [5.74, 6) is -0.248. The zero-order valence-corrected chi connectivity index (χ0v) is 15.0. The van der Waals surface area contributed by atoms with Crippen LogP contribution in [0.2, 0.25) is 0 Å². The fraction of sp³-hybridized carbons (Fsp3) is 0.176. The van der Waals surface area contributed by atoms with Crippen LogP contribution in [0.3, 0.4) is 0 Å². The monoisotopic (exact) mass is 361 g/mol. The number of thiazole rings is 1. The van der Waals surface area contributed by atoms with Crippen molar-refractivity contribution >= 4 is 40.4 Å². The van der Waals surface area contributed by atoms with Gasteiger partial charge in [-0.1, -0.05) is 18.2 Å². The molecular weight excluding hydrogens is 346 g/mol. The molecule has 0 bridgehead atoms. The van der Waals surface area contributed by atoms with Crippen molar-refractivity contribution in [1.82, 2.24) is 4.98 Å². The summed E-state index contributed by atoms with van der Waals surface area (Å²) in [5, 5.41) is 4.90. The zero-order valence-electron chi connectivity index (χ0n) is 12.5.